The Labute approximate surface area is 180 Å². The molecule has 0 radical (unpaired) electrons. The van der Waals surface area contributed by atoms with Crippen LogP contribution in [0.25, 0.3) is 38.1 Å². The van der Waals surface area contributed by atoms with Gasteiger partial charge < -0.3 is 14.2 Å². The van der Waals surface area contributed by atoms with E-state index in [0.29, 0.717) is 0 Å². The first-order chi connectivity index (χ1) is 15.3. The molecule has 6 aromatic rings. The maximum absolute atomic E-state index is 2.43. The molecule has 1 aliphatic rings. The summed E-state index contributed by atoms with van der Waals surface area (Å²) in [6.07, 6.45) is 4.34. The Bertz CT molecular complexity index is 1620. The first kappa shape index (κ1) is 16.8. The van der Waals surface area contributed by atoms with E-state index in [2.05, 4.69) is 118 Å². The van der Waals surface area contributed by atoms with Gasteiger partial charge >= 0.3 is 0 Å². The molecule has 0 atom stereocenters. The van der Waals surface area contributed by atoms with Gasteiger partial charge in [-0.1, -0.05) is 54.1 Å². The fraction of sp³-hybridized carbons (Fsp3) is 0.0714. The molecule has 0 unspecified atom stereocenters. The van der Waals surface area contributed by atoms with E-state index in [1.807, 2.05) is 0 Å². The summed E-state index contributed by atoms with van der Waals surface area (Å²) in [7, 11) is 0. The van der Waals surface area contributed by atoms with Gasteiger partial charge in [0.1, 0.15) is 0 Å². The summed E-state index contributed by atoms with van der Waals surface area (Å²) < 4.78 is 2.43. The van der Waals surface area contributed by atoms with E-state index in [4.69, 9.17) is 0 Å². The molecule has 0 N–H and O–H groups in total. The Balaban J connectivity index is 1.36. The molecular formula is C28H21N3. The maximum Gasteiger partial charge on any atom is 0.0989 e. The van der Waals surface area contributed by atoms with Gasteiger partial charge in [-0.05, 0) is 43.3 Å². The van der Waals surface area contributed by atoms with Gasteiger partial charge in [0, 0.05) is 45.3 Å². The summed E-state index contributed by atoms with van der Waals surface area (Å²) in [4.78, 5) is 4.59. The van der Waals surface area contributed by atoms with Crippen LogP contribution < -0.4 is 9.80 Å². The number of nitrogens with zero attached hydrogens (tertiary/aromatic N) is 3. The molecule has 0 fully saturated rings. The molecule has 3 nitrogen and oxygen atoms in total. The van der Waals surface area contributed by atoms with Crippen LogP contribution in [-0.4, -0.2) is 11.1 Å². The molecule has 0 saturated heterocycles. The number of aryl methyl sites for hydroxylation is 1. The standard InChI is InChI=1S/C28H21N3/c1-19-9-11-20(12-10-19)29-15-16-30(18-29)21-13-14-27-25(17-21)24-7-4-6-23-22-5-2-3-8-26(22)31(27)28(23)24/h2-17H,18H2,1H3. The zero-order chi connectivity index (χ0) is 20.5. The lowest BCUT2D eigenvalue weighted by Crippen LogP contribution is -2.24. The SMILES string of the molecule is Cc1ccc(N2C=CN(c3ccc4c(c3)c3cccc5c6ccccc6n4c53)C2)cc1. The van der Waals surface area contributed by atoms with Crippen molar-refractivity contribution in [2.45, 2.75) is 6.92 Å². The number of rotatable bonds is 2. The second kappa shape index (κ2) is 6.02. The van der Waals surface area contributed by atoms with E-state index < -0.39 is 0 Å². The van der Waals surface area contributed by atoms with Crippen molar-refractivity contribution in [2.24, 2.45) is 0 Å². The minimum atomic E-state index is 0.821. The van der Waals surface area contributed by atoms with Crippen molar-refractivity contribution in [3.05, 3.63) is 103 Å². The van der Waals surface area contributed by atoms with Crippen molar-refractivity contribution in [3.8, 4) is 0 Å². The van der Waals surface area contributed by atoms with Gasteiger partial charge in [-0.2, -0.15) is 0 Å². The molecule has 1 aliphatic heterocycles. The van der Waals surface area contributed by atoms with Crippen LogP contribution in [0.2, 0.25) is 0 Å². The molecule has 4 aromatic carbocycles. The van der Waals surface area contributed by atoms with Crippen molar-refractivity contribution in [3.63, 3.8) is 0 Å². The van der Waals surface area contributed by atoms with Crippen molar-refractivity contribution < 1.29 is 0 Å². The zero-order valence-electron chi connectivity index (χ0n) is 17.3. The molecule has 0 spiro atoms. The lowest BCUT2D eigenvalue weighted by molar-refractivity contribution is 0.976. The number of para-hydroxylation sites is 2. The van der Waals surface area contributed by atoms with Gasteiger partial charge in [-0.25, -0.2) is 0 Å². The van der Waals surface area contributed by atoms with Gasteiger partial charge in [0.05, 0.1) is 23.2 Å². The van der Waals surface area contributed by atoms with Crippen LogP contribution in [-0.2, 0) is 0 Å². The van der Waals surface area contributed by atoms with Crippen molar-refractivity contribution in [1.82, 2.24) is 4.40 Å². The number of fused-ring (bicyclic) bond motifs is 6. The van der Waals surface area contributed by atoms with Gasteiger partial charge in [-0.15, -0.1) is 0 Å². The first-order valence-electron chi connectivity index (χ1n) is 10.7. The molecule has 3 heterocycles. The largest absolute Gasteiger partial charge is 0.328 e. The van der Waals surface area contributed by atoms with Gasteiger partial charge in [-0.3, -0.25) is 0 Å². The van der Waals surface area contributed by atoms with Gasteiger partial charge in [0.15, 0.2) is 0 Å². The first-order valence-corrected chi connectivity index (χ1v) is 10.7. The molecular weight excluding hydrogens is 378 g/mol. The second-order valence-corrected chi connectivity index (χ2v) is 8.47. The number of hydrogen-bond donors (Lipinski definition) is 0. The predicted octanol–water partition coefficient (Wildman–Crippen LogP) is 6.90. The molecule has 2 aromatic heterocycles. The van der Waals surface area contributed by atoms with Crippen LogP contribution in [0.4, 0.5) is 11.4 Å². The normalized spacial score (nSPS) is 14.2. The number of anilines is 2. The van der Waals surface area contributed by atoms with Crippen LogP contribution in [0.15, 0.2) is 97.3 Å². The number of benzene rings is 4. The highest BCUT2D eigenvalue weighted by atomic mass is 15.3. The lowest BCUT2D eigenvalue weighted by Gasteiger charge is -2.21. The van der Waals surface area contributed by atoms with Crippen LogP contribution in [0.1, 0.15) is 5.56 Å². The van der Waals surface area contributed by atoms with E-state index in [9.17, 15) is 0 Å². The van der Waals surface area contributed by atoms with E-state index in [1.165, 1.54) is 55.0 Å². The Morgan fingerprint density at radius 1 is 0.581 bits per heavy atom. The van der Waals surface area contributed by atoms with Crippen LogP contribution in [0, 0.1) is 6.92 Å². The van der Waals surface area contributed by atoms with Crippen molar-refractivity contribution >= 4 is 49.5 Å². The molecule has 0 aliphatic carbocycles. The van der Waals surface area contributed by atoms with Crippen molar-refractivity contribution in [2.75, 3.05) is 16.5 Å². The second-order valence-electron chi connectivity index (χ2n) is 8.47. The van der Waals surface area contributed by atoms with Crippen LogP contribution >= 0.6 is 0 Å². The maximum atomic E-state index is 2.43. The lowest BCUT2D eigenvalue weighted by atomic mass is 10.1. The highest BCUT2D eigenvalue weighted by Crippen LogP contribution is 2.40. The Kier molecular flexibility index (Phi) is 3.26. The van der Waals surface area contributed by atoms with Gasteiger partial charge in [0.25, 0.3) is 0 Å². The fourth-order valence-electron chi connectivity index (χ4n) is 5.09. The summed E-state index contributed by atoms with van der Waals surface area (Å²) in [6.45, 7) is 2.95. The zero-order valence-corrected chi connectivity index (χ0v) is 17.3. The highest BCUT2D eigenvalue weighted by molar-refractivity contribution is 6.23. The minimum Gasteiger partial charge on any atom is -0.328 e. The van der Waals surface area contributed by atoms with E-state index in [0.717, 1.165) is 6.67 Å². The Morgan fingerprint density at radius 2 is 1.23 bits per heavy atom. The summed E-state index contributed by atoms with van der Waals surface area (Å²) in [6, 6.07) is 31.0. The van der Waals surface area contributed by atoms with E-state index in [1.54, 1.807) is 0 Å². The predicted molar refractivity (Wildman–Crippen MR) is 131 cm³/mol. The fourth-order valence-corrected chi connectivity index (χ4v) is 5.09. The number of hydrogen-bond acceptors (Lipinski definition) is 2. The third-order valence-electron chi connectivity index (χ3n) is 6.63. The number of aromatic nitrogens is 1. The Morgan fingerprint density at radius 3 is 2.06 bits per heavy atom. The topological polar surface area (TPSA) is 10.9 Å². The van der Waals surface area contributed by atoms with Crippen LogP contribution in [0.5, 0.6) is 0 Å². The summed E-state index contributed by atoms with van der Waals surface area (Å²) in [5, 5.41) is 5.29. The van der Waals surface area contributed by atoms with Gasteiger partial charge in [0.2, 0.25) is 0 Å². The molecule has 3 heteroatoms. The summed E-state index contributed by atoms with van der Waals surface area (Å²) in [5.74, 6) is 0. The quantitative estimate of drug-likeness (QED) is 0.314. The molecule has 0 bridgehead atoms. The minimum absolute atomic E-state index is 0.821. The molecule has 31 heavy (non-hydrogen) atoms. The van der Waals surface area contributed by atoms with Crippen molar-refractivity contribution in [1.29, 1.82) is 0 Å². The molecule has 0 saturated carbocycles. The van der Waals surface area contributed by atoms with Crippen LogP contribution in [0.3, 0.4) is 0 Å². The molecule has 0 amide bonds. The average molecular weight is 399 g/mol. The monoisotopic (exact) mass is 399 g/mol. The third-order valence-corrected chi connectivity index (χ3v) is 6.63. The third kappa shape index (κ3) is 2.29. The average Bonchev–Trinajstić information content (AvgIpc) is 3.51. The van der Waals surface area contributed by atoms with E-state index >= 15 is 0 Å². The Hall–Kier alpha value is -3.98. The molecule has 148 valence electrons. The highest BCUT2D eigenvalue weighted by Gasteiger charge is 2.19. The molecule has 7 rings (SSSR count). The summed E-state index contributed by atoms with van der Waals surface area (Å²) >= 11 is 0. The smallest absolute Gasteiger partial charge is 0.0989 e. The van der Waals surface area contributed by atoms with E-state index in [-0.39, 0.29) is 0 Å². The summed E-state index contributed by atoms with van der Waals surface area (Å²) in [5.41, 5.74) is 7.61.